The number of likely N-dealkylation sites (tertiary alicyclic amines) is 1. The lowest BCUT2D eigenvalue weighted by Crippen LogP contribution is -2.38. The van der Waals surface area contributed by atoms with E-state index in [1.165, 1.54) is 43.3 Å². The van der Waals surface area contributed by atoms with Crippen LogP contribution in [0.1, 0.15) is 24.0 Å². The molecule has 1 aliphatic heterocycles. The van der Waals surface area contributed by atoms with Crippen molar-refractivity contribution in [1.82, 2.24) is 15.5 Å². The van der Waals surface area contributed by atoms with Crippen molar-refractivity contribution in [3.8, 4) is 0 Å². The van der Waals surface area contributed by atoms with Crippen LogP contribution in [0.15, 0.2) is 29.3 Å². The molecule has 2 N–H and O–H groups in total. The number of benzene rings is 1. The van der Waals surface area contributed by atoms with Gasteiger partial charge >= 0.3 is 0 Å². The van der Waals surface area contributed by atoms with Gasteiger partial charge in [0.15, 0.2) is 5.96 Å². The first kappa shape index (κ1) is 21.7. The van der Waals surface area contributed by atoms with Crippen molar-refractivity contribution in [3.63, 3.8) is 0 Å². The molecule has 1 heterocycles. The number of hydrogen-bond acceptors (Lipinski definition) is 5. The zero-order valence-electron chi connectivity index (χ0n) is 16.4. The summed E-state index contributed by atoms with van der Waals surface area (Å²) in [5, 5.41) is 6.43. The Hall–Kier alpha value is -1.64. The van der Waals surface area contributed by atoms with E-state index >= 15 is 0 Å². The van der Waals surface area contributed by atoms with Gasteiger partial charge in [0.1, 0.15) is 9.84 Å². The van der Waals surface area contributed by atoms with Crippen LogP contribution >= 0.6 is 0 Å². The molecule has 27 heavy (non-hydrogen) atoms. The lowest BCUT2D eigenvalue weighted by Gasteiger charge is -2.15. The summed E-state index contributed by atoms with van der Waals surface area (Å²) in [4.78, 5) is 6.68. The summed E-state index contributed by atoms with van der Waals surface area (Å²) >= 11 is 0. The number of aliphatic imine (C=N–C) groups is 1. The van der Waals surface area contributed by atoms with Gasteiger partial charge in [-0.3, -0.25) is 9.89 Å². The Morgan fingerprint density at radius 1 is 1.11 bits per heavy atom. The third-order valence-electron chi connectivity index (χ3n) is 4.45. The van der Waals surface area contributed by atoms with Crippen LogP contribution in [0.2, 0.25) is 0 Å². The third kappa shape index (κ3) is 9.21. The molecule has 1 saturated heterocycles. The van der Waals surface area contributed by atoms with E-state index in [-0.39, 0.29) is 12.4 Å². The van der Waals surface area contributed by atoms with E-state index < -0.39 is 9.84 Å². The fourth-order valence-corrected chi connectivity index (χ4v) is 3.34. The van der Waals surface area contributed by atoms with Gasteiger partial charge in [-0.05, 0) is 37.1 Å². The molecule has 1 aromatic carbocycles. The molecule has 8 heteroatoms. The van der Waals surface area contributed by atoms with Gasteiger partial charge < -0.3 is 15.4 Å². The zero-order valence-corrected chi connectivity index (χ0v) is 17.2. The first-order valence-electron chi connectivity index (χ1n) is 9.46. The van der Waals surface area contributed by atoms with Crippen LogP contribution in [-0.2, 0) is 27.7 Å². The number of sulfone groups is 1. The number of guanidine groups is 1. The summed E-state index contributed by atoms with van der Waals surface area (Å²) in [6.07, 6.45) is 3.84. The molecule has 0 spiro atoms. The van der Waals surface area contributed by atoms with Gasteiger partial charge in [0.2, 0.25) is 0 Å². The summed E-state index contributed by atoms with van der Waals surface area (Å²) in [6.45, 7) is 5.37. The van der Waals surface area contributed by atoms with E-state index in [1.807, 2.05) is 0 Å². The predicted octanol–water partition coefficient (Wildman–Crippen LogP) is 1.01. The summed E-state index contributed by atoms with van der Waals surface area (Å²) < 4.78 is 27.3. The number of nitrogens with one attached hydrogen (secondary N) is 2. The average Bonchev–Trinajstić information content (AvgIpc) is 3.14. The predicted molar refractivity (Wildman–Crippen MR) is 110 cm³/mol. The van der Waals surface area contributed by atoms with Crippen LogP contribution in [0.25, 0.3) is 0 Å². The van der Waals surface area contributed by atoms with Gasteiger partial charge in [-0.2, -0.15) is 0 Å². The van der Waals surface area contributed by atoms with Gasteiger partial charge in [-0.1, -0.05) is 24.3 Å². The van der Waals surface area contributed by atoms with Crippen molar-refractivity contribution >= 4 is 15.8 Å². The highest BCUT2D eigenvalue weighted by molar-refractivity contribution is 7.90. The Kier molecular flexibility index (Phi) is 9.03. The van der Waals surface area contributed by atoms with Gasteiger partial charge in [-0.25, -0.2) is 8.42 Å². The maximum atomic E-state index is 11.0. The maximum absolute atomic E-state index is 11.0. The lowest BCUT2D eigenvalue weighted by molar-refractivity contribution is 0.154. The van der Waals surface area contributed by atoms with Gasteiger partial charge in [0.25, 0.3) is 0 Å². The molecular weight excluding hydrogens is 364 g/mol. The first-order chi connectivity index (χ1) is 13.0. The minimum absolute atomic E-state index is 0.0493. The molecule has 0 unspecified atom stereocenters. The molecule has 1 fully saturated rings. The molecule has 0 amide bonds. The molecule has 152 valence electrons. The highest BCUT2D eigenvalue weighted by Crippen LogP contribution is 2.13. The lowest BCUT2D eigenvalue weighted by atomic mass is 10.1. The summed E-state index contributed by atoms with van der Waals surface area (Å²) in [7, 11) is -1.24. The second-order valence-corrected chi connectivity index (χ2v) is 9.15. The number of hydrogen-bond donors (Lipinski definition) is 2. The van der Waals surface area contributed by atoms with E-state index in [2.05, 4.69) is 44.8 Å². The number of ether oxygens (including phenoxy) is 1. The first-order valence-corrected chi connectivity index (χ1v) is 11.5. The second kappa shape index (κ2) is 11.3. The molecule has 0 aliphatic carbocycles. The minimum atomic E-state index is -2.97. The standard InChI is InChI=1S/C19H32N4O3S/c1-20-19(21-9-12-26-13-14-27(2,24)25)22-15-17-5-7-18(8-6-17)16-23-10-3-4-11-23/h5-8H,3-4,9-16H2,1-2H3,(H2,20,21,22). The quantitative estimate of drug-likeness (QED) is 0.349. The van der Waals surface area contributed by atoms with Crippen molar-refractivity contribution in [2.75, 3.05) is 51.9 Å². The monoisotopic (exact) mass is 396 g/mol. The zero-order chi connectivity index (χ0) is 19.5. The molecule has 7 nitrogen and oxygen atoms in total. The van der Waals surface area contributed by atoms with E-state index in [0.717, 1.165) is 6.54 Å². The van der Waals surface area contributed by atoms with Crippen molar-refractivity contribution < 1.29 is 13.2 Å². The highest BCUT2D eigenvalue weighted by Gasteiger charge is 2.11. The molecule has 0 aromatic heterocycles. The van der Waals surface area contributed by atoms with Crippen molar-refractivity contribution in [2.45, 2.75) is 25.9 Å². The van der Waals surface area contributed by atoms with E-state index in [4.69, 9.17) is 4.74 Å². The molecule has 0 radical (unpaired) electrons. The molecule has 2 rings (SSSR count). The molecule has 0 bridgehead atoms. The normalized spacial score (nSPS) is 15.9. The van der Waals surface area contributed by atoms with Crippen molar-refractivity contribution in [1.29, 1.82) is 0 Å². The van der Waals surface area contributed by atoms with Crippen LogP contribution in [-0.4, -0.2) is 71.2 Å². The topological polar surface area (TPSA) is 83.0 Å². The average molecular weight is 397 g/mol. The summed E-state index contributed by atoms with van der Waals surface area (Å²) in [5.74, 6) is 0.746. The number of nitrogens with zero attached hydrogens (tertiary/aromatic N) is 2. The fraction of sp³-hybridized carbons (Fsp3) is 0.632. The Balaban J connectivity index is 1.63. The Bertz CT molecular complexity index is 683. The largest absolute Gasteiger partial charge is 0.379 e. The summed E-state index contributed by atoms with van der Waals surface area (Å²) in [6, 6.07) is 8.70. The highest BCUT2D eigenvalue weighted by atomic mass is 32.2. The maximum Gasteiger partial charge on any atom is 0.191 e. The van der Waals surface area contributed by atoms with Crippen LogP contribution in [0.5, 0.6) is 0 Å². The smallest absolute Gasteiger partial charge is 0.191 e. The van der Waals surface area contributed by atoms with Crippen molar-refractivity contribution in [3.05, 3.63) is 35.4 Å². The van der Waals surface area contributed by atoms with Crippen molar-refractivity contribution in [2.24, 2.45) is 4.99 Å². The molecule has 0 atom stereocenters. The van der Waals surface area contributed by atoms with Gasteiger partial charge in [-0.15, -0.1) is 0 Å². The Labute approximate surface area is 163 Å². The molecule has 1 aliphatic rings. The van der Waals surface area contributed by atoms with Crippen LogP contribution < -0.4 is 10.6 Å². The third-order valence-corrected chi connectivity index (χ3v) is 5.36. The molecule has 0 saturated carbocycles. The fourth-order valence-electron chi connectivity index (χ4n) is 2.92. The number of rotatable bonds is 10. The summed E-state index contributed by atoms with van der Waals surface area (Å²) in [5.41, 5.74) is 2.56. The van der Waals surface area contributed by atoms with Crippen LogP contribution in [0.4, 0.5) is 0 Å². The molecule has 1 aromatic rings. The van der Waals surface area contributed by atoms with E-state index in [1.54, 1.807) is 7.05 Å². The minimum Gasteiger partial charge on any atom is -0.379 e. The molecular formula is C19H32N4O3S. The Morgan fingerprint density at radius 3 is 2.41 bits per heavy atom. The second-order valence-electron chi connectivity index (χ2n) is 6.89. The van der Waals surface area contributed by atoms with E-state index in [9.17, 15) is 8.42 Å². The van der Waals surface area contributed by atoms with E-state index in [0.29, 0.717) is 25.7 Å². The van der Waals surface area contributed by atoms with Gasteiger partial charge in [0.05, 0.1) is 19.0 Å². The van der Waals surface area contributed by atoms with Crippen LogP contribution in [0, 0.1) is 0 Å². The van der Waals surface area contributed by atoms with Crippen LogP contribution in [0.3, 0.4) is 0 Å². The van der Waals surface area contributed by atoms with Gasteiger partial charge in [0, 0.05) is 32.9 Å². The Morgan fingerprint density at radius 2 is 1.78 bits per heavy atom. The SMILES string of the molecule is CN=C(NCCOCCS(C)(=O)=O)NCc1ccc(CN2CCCC2)cc1.